The Hall–Kier alpha value is -1.58. The summed E-state index contributed by atoms with van der Waals surface area (Å²) in [6, 6.07) is 0. The molecule has 0 aromatic carbocycles. The van der Waals surface area contributed by atoms with E-state index in [0.29, 0.717) is 19.5 Å². The summed E-state index contributed by atoms with van der Waals surface area (Å²) < 4.78 is 0. The molecule has 0 heterocycles. The monoisotopic (exact) mass is 322 g/mol. The number of carbonyl (C=O) groups excluding carboxylic acids is 2. The van der Waals surface area contributed by atoms with Crippen molar-refractivity contribution >= 4 is 11.8 Å². The van der Waals surface area contributed by atoms with Gasteiger partial charge in [0.15, 0.2) is 0 Å². The molecule has 0 fully saturated rings. The molecule has 4 nitrogen and oxygen atoms in total. The van der Waals surface area contributed by atoms with Gasteiger partial charge in [0.05, 0.1) is 0 Å². The van der Waals surface area contributed by atoms with Crippen molar-refractivity contribution in [2.75, 3.05) is 13.1 Å². The van der Waals surface area contributed by atoms with Crippen LogP contribution in [0, 0.1) is 5.41 Å². The zero-order valence-electron chi connectivity index (χ0n) is 15.1. The van der Waals surface area contributed by atoms with Gasteiger partial charge in [0, 0.05) is 13.1 Å². The molecule has 0 saturated carbocycles. The molecule has 0 radical (unpaired) electrons. The van der Waals surface area contributed by atoms with Crippen molar-refractivity contribution in [2.45, 2.75) is 65.7 Å². The third-order valence-electron chi connectivity index (χ3n) is 4.28. The number of hydrogen-bond acceptors (Lipinski definition) is 2. The zero-order chi connectivity index (χ0) is 17.7. The average Bonchev–Trinajstić information content (AvgIpc) is 2.53. The fourth-order valence-corrected chi connectivity index (χ4v) is 2.72. The van der Waals surface area contributed by atoms with E-state index in [9.17, 15) is 9.59 Å². The van der Waals surface area contributed by atoms with Crippen molar-refractivity contribution in [3.8, 4) is 0 Å². The van der Waals surface area contributed by atoms with Gasteiger partial charge >= 0.3 is 0 Å². The van der Waals surface area contributed by atoms with Gasteiger partial charge in [0.2, 0.25) is 11.8 Å². The topological polar surface area (TPSA) is 63.4 Å². The van der Waals surface area contributed by atoms with Crippen molar-refractivity contribution < 1.29 is 9.59 Å². The van der Waals surface area contributed by atoms with E-state index < -0.39 is 11.3 Å². The van der Waals surface area contributed by atoms with Gasteiger partial charge in [-0.25, -0.2) is 0 Å². The van der Waals surface area contributed by atoms with Crippen LogP contribution >= 0.6 is 0 Å². The minimum Gasteiger partial charge on any atom is -0.369 e. The van der Waals surface area contributed by atoms with E-state index in [0.717, 1.165) is 12.8 Å². The Morgan fingerprint density at radius 1 is 1.04 bits per heavy atom. The van der Waals surface area contributed by atoms with Crippen molar-refractivity contribution in [2.24, 2.45) is 11.1 Å². The first kappa shape index (κ1) is 21.4. The highest BCUT2D eigenvalue weighted by atomic mass is 16.2. The van der Waals surface area contributed by atoms with Crippen molar-refractivity contribution in [3.05, 3.63) is 24.8 Å². The average molecular weight is 322 g/mol. The Kier molecular flexibility index (Phi) is 11.1. The summed E-state index contributed by atoms with van der Waals surface area (Å²) in [5, 5.41) is 0. The van der Waals surface area contributed by atoms with E-state index in [1.807, 2.05) is 19.9 Å². The second-order valence-electron chi connectivity index (χ2n) is 5.94. The maximum atomic E-state index is 12.8. The van der Waals surface area contributed by atoms with Gasteiger partial charge in [0.1, 0.15) is 5.41 Å². The molecular formula is C19H34N2O2. The van der Waals surface area contributed by atoms with Gasteiger partial charge < -0.3 is 10.6 Å². The summed E-state index contributed by atoms with van der Waals surface area (Å²) in [7, 11) is 0. The van der Waals surface area contributed by atoms with E-state index >= 15 is 0 Å². The highest BCUT2D eigenvalue weighted by molar-refractivity contribution is 6.04. The Morgan fingerprint density at radius 2 is 1.70 bits per heavy atom. The summed E-state index contributed by atoms with van der Waals surface area (Å²) in [6.45, 7) is 10.8. The Balaban J connectivity index is 4.99. The van der Waals surface area contributed by atoms with Crippen LogP contribution in [0.25, 0.3) is 0 Å². The summed E-state index contributed by atoms with van der Waals surface area (Å²) in [4.78, 5) is 26.6. The molecule has 23 heavy (non-hydrogen) atoms. The Morgan fingerprint density at radius 3 is 2.17 bits per heavy atom. The largest absolute Gasteiger partial charge is 0.369 e. The van der Waals surface area contributed by atoms with Gasteiger partial charge in [-0.1, -0.05) is 44.4 Å². The lowest BCUT2D eigenvalue weighted by molar-refractivity contribution is -0.148. The van der Waals surface area contributed by atoms with Gasteiger partial charge in [-0.15, -0.1) is 6.58 Å². The van der Waals surface area contributed by atoms with Crippen LogP contribution in [0.5, 0.6) is 0 Å². The highest BCUT2D eigenvalue weighted by Gasteiger charge is 2.44. The maximum absolute atomic E-state index is 12.8. The number of allylic oxidation sites excluding steroid dienone is 3. The summed E-state index contributed by atoms with van der Waals surface area (Å²) in [5.74, 6) is -0.754. The number of nitrogens with zero attached hydrogens (tertiary/aromatic N) is 1. The molecule has 0 aliphatic carbocycles. The SMILES string of the molecule is C=CCC(C/C=C/CCCCCC)(C(N)=O)C(=O)N(CC)CC. The van der Waals surface area contributed by atoms with Crippen molar-refractivity contribution in [1.29, 1.82) is 0 Å². The lowest BCUT2D eigenvalue weighted by Crippen LogP contribution is -2.51. The molecule has 0 aliphatic heterocycles. The number of amides is 2. The lowest BCUT2D eigenvalue weighted by Gasteiger charge is -2.32. The van der Waals surface area contributed by atoms with Crippen LogP contribution in [-0.2, 0) is 9.59 Å². The summed E-state index contributed by atoms with van der Waals surface area (Å²) in [5.41, 5.74) is 4.42. The molecule has 0 bridgehead atoms. The van der Waals surface area contributed by atoms with Gasteiger partial charge in [-0.2, -0.15) is 0 Å². The van der Waals surface area contributed by atoms with Crippen LogP contribution in [0.3, 0.4) is 0 Å². The van der Waals surface area contributed by atoms with Gasteiger partial charge in [0.25, 0.3) is 0 Å². The van der Waals surface area contributed by atoms with Crippen molar-refractivity contribution in [3.63, 3.8) is 0 Å². The standard InChI is InChI=1S/C19H34N2O2/c1-5-9-10-11-12-13-14-16-19(15-6-2,17(20)22)18(23)21(7-3)8-4/h6,13-14H,2,5,7-12,15-16H2,1,3-4H3,(H2,20,22)/b14-13+. The molecule has 1 atom stereocenters. The molecule has 0 aromatic rings. The van der Waals surface area contributed by atoms with Crippen LogP contribution in [0.2, 0.25) is 0 Å². The van der Waals surface area contributed by atoms with E-state index in [-0.39, 0.29) is 12.3 Å². The Labute approximate surface area is 141 Å². The first-order valence-electron chi connectivity index (χ1n) is 8.85. The van der Waals surface area contributed by atoms with E-state index in [1.54, 1.807) is 11.0 Å². The van der Waals surface area contributed by atoms with Gasteiger partial charge in [-0.3, -0.25) is 9.59 Å². The molecule has 132 valence electrons. The smallest absolute Gasteiger partial charge is 0.238 e. The molecule has 2 amide bonds. The van der Waals surface area contributed by atoms with E-state index in [2.05, 4.69) is 19.6 Å². The first-order chi connectivity index (χ1) is 11.0. The van der Waals surface area contributed by atoms with Crippen molar-refractivity contribution in [1.82, 2.24) is 4.90 Å². The van der Waals surface area contributed by atoms with Crippen LogP contribution in [-0.4, -0.2) is 29.8 Å². The third kappa shape index (κ3) is 6.59. The first-order valence-corrected chi connectivity index (χ1v) is 8.85. The van der Waals surface area contributed by atoms with E-state index in [1.165, 1.54) is 19.3 Å². The van der Waals surface area contributed by atoms with Crippen LogP contribution in [0.1, 0.15) is 65.7 Å². The quantitative estimate of drug-likeness (QED) is 0.318. The minimum absolute atomic E-state index is 0.189. The number of rotatable bonds is 13. The second-order valence-corrected chi connectivity index (χ2v) is 5.94. The molecule has 0 aliphatic rings. The molecule has 0 rings (SSSR count). The predicted octanol–water partition coefficient (Wildman–Crippen LogP) is 3.82. The minimum atomic E-state index is -1.20. The number of carbonyl (C=O) groups is 2. The molecule has 4 heteroatoms. The van der Waals surface area contributed by atoms with Crippen LogP contribution in [0.4, 0.5) is 0 Å². The highest BCUT2D eigenvalue weighted by Crippen LogP contribution is 2.30. The predicted molar refractivity (Wildman–Crippen MR) is 96.9 cm³/mol. The fraction of sp³-hybridized carbons (Fsp3) is 0.684. The Bertz CT molecular complexity index is 400. The molecule has 1 unspecified atom stereocenters. The number of unbranched alkanes of at least 4 members (excludes halogenated alkanes) is 4. The molecular weight excluding hydrogens is 288 g/mol. The van der Waals surface area contributed by atoms with Crippen LogP contribution < -0.4 is 5.73 Å². The summed E-state index contributed by atoms with van der Waals surface area (Å²) >= 11 is 0. The number of primary amides is 1. The van der Waals surface area contributed by atoms with Gasteiger partial charge in [-0.05, 0) is 39.5 Å². The zero-order valence-corrected chi connectivity index (χ0v) is 15.1. The fourth-order valence-electron chi connectivity index (χ4n) is 2.72. The lowest BCUT2D eigenvalue weighted by atomic mass is 9.78. The van der Waals surface area contributed by atoms with Crippen LogP contribution in [0.15, 0.2) is 24.8 Å². The molecule has 0 saturated heterocycles. The maximum Gasteiger partial charge on any atom is 0.238 e. The molecule has 0 aromatic heterocycles. The number of nitrogens with two attached hydrogens (primary N) is 1. The van der Waals surface area contributed by atoms with E-state index in [4.69, 9.17) is 5.73 Å². The second kappa shape index (κ2) is 11.9. The number of hydrogen-bond donors (Lipinski definition) is 1. The molecule has 2 N–H and O–H groups in total. The summed E-state index contributed by atoms with van der Waals surface area (Å²) in [6.07, 6.45) is 12.0. The normalized spacial score (nSPS) is 13.7. The third-order valence-corrected chi connectivity index (χ3v) is 4.28. The molecule has 0 spiro atoms.